The van der Waals surface area contributed by atoms with Crippen molar-refractivity contribution in [3.63, 3.8) is 0 Å². The Bertz CT molecular complexity index is 290. The summed E-state index contributed by atoms with van der Waals surface area (Å²) in [6, 6.07) is -0.313. The summed E-state index contributed by atoms with van der Waals surface area (Å²) in [5, 5.41) is 12.3. The molecule has 0 amide bonds. The van der Waals surface area contributed by atoms with Crippen LogP contribution in [0, 0.1) is 0 Å². The van der Waals surface area contributed by atoms with Gasteiger partial charge in [0.05, 0.1) is 25.1 Å². The molecular formula is C9H19NO5S. The summed E-state index contributed by atoms with van der Waals surface area (Å²) in [6.45, 7) is 5.75. The van der Waals surface area contributed by atoms with E-state index in [0.29, 0.717) is 6.61 Å². The predicted octanol–water partition coefficient (Wildman–Crippen LogP) is -0.584. The zero-order chi connectivity index (χ0) is 12.6. The molecule has 3 N–H and O–H groups in total. The monoisotopic (exact) mass is 253 g/mol. The molecule has 0 radical (unpaired) electrons. The van der Waals surface area contributed by atoms with Crippen molar-refractivity contribution in [3.05, 3.63) is 12.7 Å². The van der Waals surface area contributed by atoms with Crippen LogP contribution in [0.25, 0.3) is 0 Å². The second-order valence-electron chi connectivity index (χ2n) is 3.42. The number of rotatable bonds is 9. The van der Waals surface area contributed by atoms with E-state index in [1.165, 1.54) is 0 Å². The Hall–Kier alpha value is -0.470. The summed E-state index contributed by atoms with van der Waals surface area (Å²) in [6.07, 6.45) is 0.838. The molecule has 0 rings (SSSR count). The maximum absolute atomic E-state index is 10.4. The fraction of sp³-hybridized carbons (Fsp3) is 0.778. The molecule has 96 valence electrons. The van der Waals surface area contributed by atoms with Crippen molar-refractivity contribution >= 4 is 10.1 Å². The molecule has 0 saturated heterocycles. The SMILES string of the molecule is C=CCOCC(O)C(C)NCCS(=O)(=O)O. The molecule has 0 aliphatic heterocycles. The van der Waals surface area contributed by atoms with Gasteiger partial charge in [-0.15, -0.1) is 6.58 Å². The van der Waals surface area contributed by atoms with Crippen LogP contribution in [0.2, 0.25) is 0 Å². The van der Waals surface area contributed by atoms with Gasteiger partial charge in [0.25, 0.3) is 10.1 Å². The van der Waals surface area contributed by atoms with E-state index in [1.807, 2.05) is 0 Å². The first-order chi connectivity index (χ1) is 7.37. The van der Waals surface area contributed by atoms with E-state index >= 15 is 0 Å². The van der Waals surface area contributed by atoms with Crippen molar-refractivity contribution < 1.29 is 22.8 Å². The fourth-order valence-corrected chi connectivity index (χ4v) is 1.34. The Kier molecular flexibility index (Phi) is 7.52. The quantitative estimate of drug-likeness (QED) is 0.289. The average Bonchev–Trinajstić information content (AvgIpc) is 2.15. The molecule has 2 unspecified atom stereocenters. The lowest BCUT2D eigenvalue weighted by Gasteiger charge is -2.19. The molecule has 0 saturated carbocycles. The molecule has 6 nitrogen and oxygen atoms in total. The van der Waals surface area contributed by atoms with Crippen molar-refractivity contribution in [3.8, 4) is 0 Å². The highest BCUT2D eigenvalue weighted by Gasteiger charge is 2.14. The van der Waals surface area contributed by atoms with E-state index < -0.39 is 16.2 Å². The Labute approximate surface area is 96.1 Å². The smallest absolute Gasteiger partial charge is 0.266 e. The zero-order valence-electron chi connectivity index (χ0n) is 9.30. The molecule has 0 spiro atoms. The van der Waals surface area contributed by atoms with Crippen LogP contribution in [0.1, 0.15) is 6.92 Å². The van der Waals surface area contributed by atoms with E-state index in [9.17, 15) is 13.5 Å². The van der Waals surface area contributed by atoms with Crippen LogP contribution < -0.4 is 5.32 Å². The largest absolute Gasteiger partial charge is 0.389 e. The minimum atomic E-state index is -3.96. The lowest BCUT2D eigenvalue weighted by molar-refractivity contribution is 0.0307. The van der Waals surface area contributed by atoms with Crippen LogP contribution in [0.5, 0.6) is 0 Å². The normalized spacial score (nSPS) is 15.7. The summed E-state index contributed by atoms with van der Waals surface area (Å²) in [4.78, 5) is 0. The Balaban J connectivity index is 3.70. The number of hydrogen-bond acceptors (Lipinski definition) is 5. The van der Waals surface area contributed by atoms with Crippen molar-refractivity contribution in [2.24, 2.45) is 0 Å². The van der Waals surface area contributed by atoms with Crippen LogP contribution in [0.15, 0.2) is 12.7 Å². The van der Waals surface area contributed by atoms with Gasteiger partial charge in [-0.2, -0.15) is 8.42 Å². The van der Waals surface area contributed by atoms with Gasteiger partial charge >= 0.3 is 0 Å². The van der Waals surface area contributed by atoms with Gasteiger partial charge in [-0.05, 0) is 6.92 Å². The molecule has 16 heavy (non-hydrogen) atoms. The van der Waals surface area contributed by atoms with Crippen LogP contribution in [-0.4, -0.2) is 55.7 Å². The second kappa shape index (κ2) is 7.75. The first kappa shape index (κ1) is 15.5. The van der Waals surface area contributed by atoms with Gasteiger partial charge in [0.2, 0.25) is 0 Å². The van der Waals surface area contributed by atoms with E-state index in [4.69, 9.17) is 9.29 Å². The Morgan fingerprint density at radius 1 is 1.56 bits per heavy atom. The molecule has 0 heterocycles. The standard InChI is InChI=1S/C9H19NO5S/c1-3-5-15-7-9(11)8(2)10-4-6-16(12,13)14/h3,8-11H,1,4-7H2,2H3,(H,12,13,14). The summed E-state index contributed by atoms with van der Waals surface area (Å²) in [7, 11) is -3.96. The van der Waals surface area contributed by atoms with Gasteiger partial charge < -0.3 is 15.2 Å². The van der Waals surface area contributed by atoms with E-state index in [2.05, 4.69) is 11.9 Å². The van der Waals surface area contributed by atoms with E-state index in [0.717, 1.165) is 0 Å². The van der Waals surface area contributed by atoms with Crippen molar-refractivity contribution in [2.75, 3.05) is 25.5 Å². The van der Waals surface area contributed by atoms with Crippen LogP contribution in [0.4, 0.5) is 0 Å². The van der Waals surface area contributed by atoms with Gasteiger partial charge in [0.15, 0.2) is 0 Å². The average molecular weight is 253 g/mol. The molecule has 0 aromatic rings. The number of aliphatic hydroxyl groups is 1. The zero-order valence-corrected chi connectivity index (χ0v) is 10.1. The predicted molar refractivity (Wildman–Crippen MR) is 60.9 cm³/mol. The van der Waals surface area contributed by atoms with Gasteiger partial charge in [-0.1, -0.05) is 6.08 Å². The topological polar surface area (TPSA) is 95.9 Å². The lowest BCUT2D eigenvalue weighted by atomic mass is 10.2. The van der Waals surface area contributed by atoms with E-state index in [1.54, 1.807) is 13.0 Å². The molecule has 0 aromatic heterocycles. The minimum absolute atomic E-state index is 0.0819. The number of hydrogen-bond donors (Lipinski definition) is 3. The van der Waals surface area contributed by atoms with Crippen molar-refractivity contribution in [1.82, 2.24) is 5.32 Å². The molecule has 2 atom stereocenters. The molecule has 0 fully saturated rings. The summed E-state index contributed by atoms with van der Waals surface area (Å²) in [5.41, 5.74) is 0. The molecule has 0 aliphatic rings. The van der Waals surface area contributed by atoms with Crippen LogP contribution in [0.3, 0.4) is 0 Å². The third kappa shape index (κ3) is 8.81. The van der Waals surface area contributed by atoms with E-state index in [-0.39, 0.29) is 24.9 Å². The van der Waals surface area contributed by atoms with Crippen LogP contribution in [-0.2, 0) is 14.9 Å². The van der Waals surface area contributed by atoms with Crippen molar-refractivity contribution in [2.45, 2.75) is 19.1 Å². The van der Waals surface area contributed by atoms with Gasteiger partial charge in [0, 0.05) is 12.6 Å². The summed E-state index contributed by atoms with van der Waals surface area (Å²) in [5.74, 6) is -0.377. The van der Waals surface area contributed by atoms with Crippen LogP contribution >= 0.6 is 0 Å². The number of nitrogens with one attached hydrogen (secondary N) is 1. The maximum Gasteiger partial charge on any atom is 0.266 e. The highest BCUT2D eigenvalue weighted by atomic mass is 32.2. The third-order valence-corrected chi connectivity index (χ3v) is 2.65. The van der Waals surface area contributed by atoms with Crippen molar-refractivity contribution in [1.29, 1.82) is 0 Å². The minimum Gasteiger partial charge on any atom is -0.389 e. The molecule has 0 aromatic carbocycles. The second-order valence-corrected chi connectivity index (χ2v) is 4.99. The maximum atomic E-state index is 10.4. The molecule has 0 bridgehead atoms. The highest BCUT2D eigenvalue weighted by molar-refractivity contribution is 7.85. The summed E-state index contributed by atoms with van der Waals surface area (Å²) >= 11 is 0. The lowest BCUT2D eigenvalue weighted by Crippen LogP contribution is -2.41. The molecule has 7 heteroatoms. The van der Waals surface area contributed by atoms with Gasteiger partial charge in [-0.3, -0.25) is 4.55 Å². The third-order valence-electron chi connectivity index (χ3n) is 1.93. The fourth-order valence-electron chi connectivity index (χ4n) is 0.968. The Morgan fingerprint density at radius 3 is 2.69 bits per heavy atom. The highest BCUT2D eigenvalue weighted by Crippen LogP contribution is 1.94. The van der Waals surface area contributed by atoms with Gasteiger partial charge in [0.1, 0.15) is 0 Å². The Morgan fingerprint density at radius 2 is 2.19 bits per heavy atom. The summed E-state index contributed by atoms with van der Waals surface area (Å²) < 4.78 is 34.3. The molecular weight excluding hydrogens is 234 g/mol. The first-order valence-electron chi connectivity index (χ1n) is 4.92. The number of aliphatic hydroxyl groups excluding tert-OH is 1. The number of ether oxygens (including phenoxy) is 1. The first-order valence-corrected chi connectivity index (χ1v) is 6.53. The molecule has 0 aliphatic carbocycles. The van der Waals surface area contributed by atoms with Gasteiger partial charge in [-0.25, -0.2) is 0 Å².